The Morgan fingerprint density at radius 3 is 2.74 bits per heavy atom. The maximum absolute atomic E-state index is 12.0. The third kappa shape index (κ3) is 2.06. The number of nitrogens with zero attached hydrogens (tertiary/aromatic N) is 2. The van der Waals surface area contributed by atoms with Crippen molar-refractivity contribution >= 4 is 5.91 Å². The van der Waals surface area contributed by atoms with Crippen LogP contribution in [0.1, 0.15) is 42.6 Å². The van der Waals surface area contributed by atoms with E-state index in [1.807, 2.05) is 0 Å². The first kappa shape index (κ1) is 12.7. The van der Waals surface area contributed by atoms with Crippen LogP contribution >= 0.6 is 0 Å². The van der Waals surface area contributed by atoms with Crippen molar-refractivity contribution in [3.8, 4) is 0 Å². The number of imidazole rings is 1. The Kier molecular flexibility index (Phi) is 2.89. The van der Waals surface area contributed by atoms with Crippen molar-refractivity contribution in [2.75, 3.05) is 13.2 Å². The molecule has 5 nitrogen and oxygen atoms in total. The predicted molar refractivity (Wildman–Crippen MR) is 70.6 cm³/mol. The van der Waals surface area contributed by atoms with Crippen molar-refractivity contribution in [2.24, 2.45) is 17.9 Å². The molecule has 0 aromatic carbocycles. The number of carbonyl (C=O) groups is 1. The number of aryl methyl sites for hydroxylation is 1. The van der Waals surface area contributed by atoms with Crippen LogP contribution in [0.25, 0.3) is 0 Å². The number of nitrogens with one attached hydrogen (secondary N) is 1. The van der Waals surface area contributed by atoms with Crippen LogP contribution in [0.2, 0.25) is 0 Å². The smallest absolute Gasteiger partial charge is 0.269 e. The fourth-order valence-electron chi connectivity index (χ4n) is 3.80. The largest absolute Gasteiger partial charge is 0.396 e. The van der Waals surface area contributed by atoms with Crippen molar-refractivity contribution in [1.29, 1.82) is 0 Å². The summed E-state index contributed by atoms with van der Waals surface area (Å²) in [6, 6.07) is 0. The van der Waals surface area contributed by atoms with Gasteiger partial charge in [0.05, 0.1) is 19.1 Å². The molecular formula is C14H21N3O2. The third-order valence-electron chi connectivity index (χ3n) is 4.92. The van der Waals surface area contributed by atoms with E-state index < -0.39 is 0 Å². The van der Waals surface area contributed by atoms with Gasteiger partial charge in [0, 0.05) is 19.0 Å². The lowest BCUT2D eigenvalue weighted by Gasteiger charge is -2.60. The molecule has 2 aliphatic rings. The standard InChI is InChI=1S/C14H21N3O2/c1-17-10-15-5-11(17)12(19)16-8-14(9-18)6-13(7-14)3-2-4-13/h5,10,18H,2-4,6-9H2,1H3,(H,16,19). The lowest BCUT2D eigenvalue weighted by Crippen LogP contribution is -2.57. The van der Waals surface area contributed by atoms with Crippen LogP contribution in [0.15, 0.2) is 12.5 Å². The van der Waals surface area contributed by atoms with Crippen LogP contribution in [0.5, 0.6) is 0 Å². The molecule has 0 unspecified atom stereocenters. The molecular weight excluding hydrogens is 242 g/mol. The Morgan fingerprint density at radius 1 is 1.53 bits per heavy atom. The van der Waals surface area contributed by atoms with E-state index in [1.165, 1.54) is 19.3 Å². The number of amides is 1. The molecule has 2 fully saturated rings. The number of aliphatic hydroxyl groups excluding tert-OH is 1. The molecule has 0 saturated heterocycles. The van der Waals surface area contributed by atoms with Crippen molar-refractivity contribution < 1.29 is 9.90 Å². The molecule has 1 amide bonds. The maximum Gasteiger partial charge on any atom is 0.269 e. The zero-order chi connectivity index (χ0) is 13.5. The summed E-state index contributed by atoms with van der Waals surface area (Å²) < 4.78 is 1.70. The lowest BCUT2D eigenvalue weighted by molar-refractivity contribution is -0.118. The average Bonchev–Trinajstić information content (AvgIpc) is 2.72. The van der Waals surface area contributed by atoms with Gasteiger partial charge in [-0.1, -0.05) is 6.42 Å². The topological polar surface area (TPSA) is 67.2 Å². The quantitative estimate of drug-likeness (QED) is 0.854. The monoisotopic (exact) mass is 263 g/mol. The normalized spacial score (nSPS) is 22.6. The molecule has 2 saturated carbocycles. The number of hydrogen-bond acceptors (Lipinski definition) is 3. The third-order valence-corrected chi connectivity index (χ3v) is 4.92. The van der Waals surface area contributed by atoms with E-state index in [4.69, 9.17) is 0 Å². The summed E-state index contributed by atoms with van der Waals surface area (Å²) in [6.07, 6.45) is 9.21. The number of aromatic nitrogens is 2. The summed E-state index contributed by atoms with van der Waals surface area (Å²) in [5.74, 6) is -0.109. The van der Waals surface area contributed by atoms with E-state index in [1.54, 1.807) is 24.1 Å². The van der Waals surface area contributed by atoms with Crippen molar-refractivity contribution in [3.63, 3.8) is 0 Å². The molecule has 0 aliphatic heterocycles. The molecule has 2 aliphatic carbocycles. The predicted octanol–water partition coefficient (Wildman–Crippen LogP) is 1.09. The molecule has 0 bridgehead atoms. The Morgan fingerprint density at radius 2 is 2.26 bits per heavy atom. The highest BCUT2D eigenvalue weighted by atomic mass is 16.3. The van der Waals surface area contributed by atoms with Crippen LogP contribution in [0.4, 0.5) is 0 Å². The van der Waals surface area contributed by atoms with E-state index in [2.05, 4.69) is 10.3 Å². The summed E-state index contributed by atoms with van der Waals surface area (Å²) >= 11 is 0. The van der Waals surface area contributed by atoms with Crippen LogP contribution in [-0.2, 0) is 7.05 Å². The van der Waals surface area contributed by atoms with Gasteiger partial charge < -0.3 is 15.0 Å². The Bertz CT molecular complexity index is 483. The van der Waals surface area contributed by atoms with Crippen LogP contribution in [-0.4, -0.2) is 33.7 Å². The van der Waals surface area contributed by atoms with Gasteiger partial charge in [-0.3, -0.25) is 4.79 Å². The molecule has 3 rings (SSSR count). The molecule has 5 heteroatoms. The highest BCUT2D eigenvalue weighted by Crippen LogP contribution is 2.63. The first-order valence-corrected chi connectivity index (χ1v) is 6.94. The van der Waals surface area contributed by atoms with Gasteiger partial charge in [0.1, 0.15) is 5.69 Å². The average molecular weight is 263 g/mol. The van der Waals surface area contributed by atoms with Gasteiger partial charge in [-0.25, -0.2) is 4.98 Å². The summed E-state index contributed by atoms with van der Waals surface area (Å²) in [6.45, 7) is 0.732. The van der Waals surface area contributed by atoms with Crippen LogP contribution < -0.4 is 5.32 Å². The highest BCUT2D eigenvalue weighted by molar-refractivity contribution is 5.92. The van der Waals surface area contributed by atoms with Gasteiger partial charge in [0.25, 0.3) is 5.91 Å². The number of hydrogen-bond donors (Lipinski definition) is 2. The first-order chi connectivity index (χ1) is 9.08. The Hall–Kier alpha value is -1.36. The summed E-state index contributed by atoms with van der Waals surface area (Å²) in [4.78, 5) is 16.0. The fourth-order valence-corrected chi connectivity index (χ4v) is 3.80. The van der Waals surface area contributed by atoms with Crippen LogP contribution in [0, 0.1) is 10.8 Å². The van der Waals surface area contributed by atoms with E-state index in [0.29, 0.717) is 17.7 Å². The summed E-state index contributed by atoms with van der Waals surface area (Å²) in [5, 5.41) is 12.6. The van der Waals surface area contributed by atoms with Crippen molar-refractivity contribution in [2.45, 2.75) is 32.1 Å². The molecule has 1 spiro atoms. The molecule has 19 heavy (non-hydrogen) atoms. The Balaban J connectivity index is 1.57. The SMILES string of the molecule is Cn1cncc1C(=O)NCC1(CO)CC2(CCC2)C1. The lowest BCUT2D eigenvalue weighted by atomic mass is 9.45. The minimum absolute atomic E-state index is 0.0886. The van der Waals surface area contributed by atoms with Crippen molar-refractivity contribution in [3.05, 3.63) is 18.2 Å². The fraction of sp³-hybridized carbons (Fsp3) is 0.714. The molecule has 1 heterocycles. The van der Waals surface area contributed by atoms with E-state index in [-0.39, 0.29) is 17.9 Å². The number of carbonyl (C=O) groups excluding carboxylic acids is 1. The number of aliphatic hydroxyl groups is 1. The molecule has 104 valence electrons. The molecule has 0 radical (unpaired) electrons. The molecule has 0 atom stereocenters. The minimum atomic E-state index is -0.109. The first-order valence-electron chi connectivity index (χ1n) is 6.94. The second kappa shape index (κ2) is 4.34. The van der Waals surface area contributed by atoms with Gasteiger partial charge in [0.2, 0.25) is 0 Å². The second-order valence-corrected chi connectivity index (χ2v) is 6.44. The van der Waals surface area contributed by atoms with Gasteiger partial charge >= 0.3 is 0 Å². The van der Waals surface area contributed by atoms with Crippen LogP contribution in [0.3, 0.4) is 0 Å². The summed E-state index contributed by atoms with van der Waals surface area (Å²) in [5.41, 5.74) is 0.972. The second-order valence-electron chi connectivity index (χ2n) is 6.44. The van der Waals surface area contributed by atoms with Gasteiger partial charge in [-0.05, 0) is 31.1 Å². The van der Waals surface area contributed by atoms with Gasteiger partial charge in [-0.2, -0.15) is 0 Å². The summed E-state index contributed by atoms with van der Waals surface area (Å²) in [7, 11) is 1.80. The maximum atomic E-state index is 12.0. The van der Waals surface area contributed by atoms with E-state index in [0.717, 1.165) is 12.8 Å². The van der Waals surface area contributed by atoms with E-state index >= 15 is 0 Å². The Labute approximate surface area is 113 Å². The minimum Gasteiger partial charge on any atom is -0.396 e. The highest BCUT2D eigenvalue weighted by Gasteiger charge is 2.56. The molecule has 1 aromatic heterocycles. The number of rotatable bonds is 4. The van der Waals surface area contributed by atoms with Gasteiger partial charge in [-0.15, -0.1) is 0 Å². The van der Waals surface area contributed by atoms with Crippen molar-refractivity contribution in [1.82, 2.24) is 14.9 Å². The zero-order valence-electron chi connectivity index (χ0n) is 11.4. The molecule has 2 N–H and O–H groups in total. The van der Waals surface area contributed by atoms with Gasteiger partial charge in [0.15, 0.2) is 0 Å². The van der Waals surface area contributed by atoms with E-state index in [9.17, 15) is 9.90 Å². The molecule has 1 aromatic rings. The zero-order valence-corrected chi connectivity index (χ0v) is 11.4.